The van der Waals surface area contributed by atoms with Crippen molar-refractivity contribution in [1.82, 2.24) is 15.1 Å². The largest absolute Gasteiger partial charge is 0.340 e. The lowest BCUT2D eigenvalue weighted by Gasteiger charge is -2.41. The van der Waals surface area contributed by atoms with Crippen LogP contribution in [0.1, 0.15) is 40.5 Å². The van der Waals surface area contributed by atoms with Crippen LogP contribution in [0.25, 0.3) is 0 Å². The van der Waals surface area contributed by atoms with E-state index in [9.17, 15) is 4.79 Å². The maximum atomic E-state index is 13.0. The lowest BCUT2D eigenvalue weighted by Crippen LogP contribution is -2.55. The predicted octanol–water partition coefficient (Wildman–Crippen LogP) is 1.81. The zero-order chi connectivity index (χ0) is 15.5. The number of rotatable bonds is 5. The Morgan fingerprint density at radius 3 is 2.29 bits per heavy atom. The van der Waals surface area contributed by atoms with Crippen LogP contribution in [0.15, 0.2) is 0 Å². The van der Waals surface area contributed by atoms with Crippen molar-refractivity contribution in [3.05, 3.63) is 0 Å². The van der Waals surface area contributed by atoms with Crippen molar-refractivity contribution >= 4 is 5.91 Å². The monoisotopic (exact) mass is 295 g/mol. The summed E-state index contributed by atoms with van der Waals surface area (Å²) in [5.74, 6) is 1.57. The van der Waals surface area contributed by atoms with E-state index in [0.717, 1.165) is 51.6 Å². The molecule has 0 aromatic carbocycles. The standard InChI is InChI=1S/C17H33N3O/c1-14(2)5-8-19-9-11-20(12-10-19)16(21)17(15(3)4)6-7-18-13-17/h14-15,18H,5-13H2,1-4H3. The fourth-order valence-electron chi connectivity index (χ4n) is 3.56. The quantitative estimate of drug-likeness (QED) is 0.840. The smallest absolute Gasteiger partial charge is 0.230 e. The molecule has 1 amide bonds. The van der Waals surface area contributed by atoms with E-state index in [1.54, 1.807) is 0 Å². The molecule has 4 heteroatoms. The Bertz CT molecular complexity index is 340. The number of carbonyl (C=O) groups excluding carboxylic acids is 1. The van der Waals surface area contributed by atoms with E-state index in [-0.39, 0.29) is 5.41 Å². The van der Waals surface area contributed by atoms with Crippen molar-refractivity contribution in [2.24, 2.45) is 17.3 Å². The van der Waals surface area contributed by atoms with Crippen LogP contribution < -0.4 is 5.32 Å². The molecule has 1 unspecified atom stereocenters. The summed E-state index contributed by atoms with van der Waals surface area (Å²) in [6.45, 7) is 15.9. The van der Waals surface area contributed by atoms with Gasteiger partial charge in [-0.3, -0.25) is 9.69 Å². The molecule has 1 N–H and O–H groups in total. The summed E-state index contributed by atoms with van der Waals surface area (Å²) >= 11 is 0. The van der Waals surface area contributed by atoms with Crippen LogP contribution in [0.2, 0.25) is 0 Å². The third-order valence-corrected chi connectivity index (χ3v) is 5.40. The fourth-order valence-corrected chi connectivity index (χ4v) is 3.56. The Balaban J connectivity index is 1.88. The predicted molar refractivity (Wildman–Crippen MR) is 87.2 cm³/mol. The lowest BCUT2D eigenvalue weighted by molar-refractivity contribution is -0.145. The van der Waals surface area contributed by atoms with Gasteiger partial charge in [-0.2, -0.15) is 0 Å². The number of nitrogens with one attached hydrogen (secondary N) is 1. The van der Waals surface area contributed by atoms with E-state index in [1.807, 2.05) is 0 Å². The molecule has 2 aliphatic heterocycles. The molecule has 2 fully saturated rings. The molecule has 0 aromatic heterocycles. The number of nitrogens with zero attached hydrogens (tertiary/aromatic N) is 2. The van der Waals surface area contributed by atoms with Crippen molar-refractivity contribution in [2.75, 3.05) is 45.8 Å². The van der Waals surface area contributed by atoms with Gasteiger partial charge in [0.15, 0.2) is 0 Å². The first kappa shape index (κ1) is 16.8. The van der Waals surface area contributed by atoms with Gasteiger partial charge in [-0.1, -0.05) is 27.7 Å². The van der Waals surface area contributed by atoms with Gasteiger partial charge in [0.2, 0.25) is 5.91 Å². The number of hydrogen-bond acceptors (Lipinski definition) is 3. The van der Waals surface area contributed by atoms with E-state index >= 15 is 0 Å². The number of hydrogen-bond donors (Lipinski definition) is 1. The van der Waals surface area contributed by atoms with Gasteiger partial charge in [0.25, 0.3) is 0 Å². The maximum Gasteiger partial charge on any atom is 0.230 e. The molecule has 0 radical (unpaired) electrons. The van der Waals surface area contributed by atoms with Gasteiger partial charge in [-0.15, -0.1) is 0 Å². The number of piperazine rings is 1. The molecule has 0 spiro atoms. The van der Waals surface area contributed by atoms with Crippen LogP contribution in [0.5, 0.6) is 0 Å². The maximum absolute atomic E-state index is 13.0. The van der Waals surface area contributed by atoms with E-state index in [4.69, 9.17) is 0 Å². The van der Waals surface area contributed by atoms with Gasteiger partial charge in [0.1, 0.15) is 0 Å². The molecular formula is C17H33N3O. The molecule has 2 rings (SSSR count). The van der Waals surface area contributed by atoms with Gasteiger partial charge in [-0.05, 0) is 37.8 Å². The Labute approximate surface area is 130 Å². The van der Waals surface area contributed by atoms with Gasteiger partial charge >= 0.3 is 0 Å². The SMILES string of the molecule is CC(C)CCN1CCN(C(=O)C2(C(C)C)CCNC2)CC1. The molecule has 2 aliphatic rings. The van der Waals surface area contributed by atoms with Gasteiger partial charge in [0.05, 0.1) is 5.41 Å². The van der Waals surface area contributed by atoms with E-state index < -0.39 is 0 Å². The van der Waals surface area contributed by atoms with E-state index in [2.05, 4.69) is 42.8 Å². The van der Waals surface area contributed by atoms with Crippen LogP contribution in [0.4, 0.5) is 0 Å². The third-order valence-electron chi connectivity index (χ3n) is 5.40. The topological polar surface area (TPSA) is 35.6 Å². The molecule has 122 valence electrons. The zero-order valence-electron chi connectivity index (χ0n) is 14.3. The summed E-state index contributed by atoms with van der Waals surface area (Å²) in [7, 11) is 0. The minimum absolute atomic E-state index is 0.153. The summed E-state index contributed by atoms with van der Waals surface area (Å²) in [5, 5.41) is 3.40. The number of amides is 1. The molecule has 4 nitrogen and oxygen atoms in total. The van der Waals surface area contributed by atoms with Crippen LogP contribution in [-0.4, -0.2) is 61.5 Å². The highest BCUT2D eigenvalue weighted by Crippen LogP contribution is 2.36. The van der Waals surface area contributed by atoms with Gasteiger partial charge in [-0.25, -0.2) is 0 Å². The highest BCUT2D eigenvalue weighted by atomic mass is 16.2. The minimum Gasteiger partial charge on any atom is -0.340 e. The third kappa shape index (κ3) is 3.78. The van der Waals surface area contributed by atoms with Crippen molar-refractivity contribution in [1.29, 1.82) is 0 Å². The Kier molecular flexibility index (Phi) is 5.67. The summed E-state index contributed by atoms with van der Waals surface area (Å²) in [4.78, 5) is 17.6. The second-order valence-corrected chi connectivity index (χ2v) is 7.55. The van der Waals surface area contributed by atoms with Gasteiger partial charge < -0.3 is 10.2 Å². The molecule has 0 aliphatic carbocycles. The first-order chi connectivity index (χ1) is 9.95. The summed E-state index contributed by atoms with van der Waals surface area (Å²) in [6.07, 6.45) is 2.25. The van der Waals surface area contributed by atoms with E-state index in [1.165, 1.54) is 13.0 Å². The molecule has 21 heavy (non-hydrogen) atoms. The van der Waals surface area contributed by atoms with Crippen molar-refractivity contribution in [2.45, 2.75) is 40.5 Å². The molecule has 0 aromatic rings. The normalized spacial score (nSPS) is 27.8. The van der Waals surface area contributed by atoms with Crippen LogP contribution in [0.3, 0.4) is 0 Å². The Morgan fingerprint density at radius 2 is 1.81 bits per heavy atom. The average molecular weight is 295 g/mol. The minimum atomic E-state index is -0.153. The van der Waals surface area contributed by atoms with Crippen molar-refractivity contribution in [3.63, 3.8) is 0 Å². The van der Waals surface area contributed by atoms with Crippen LogP contribution >= 0.6 is 0 Å². The molecule has 1 atom stereocenters. The second kappa shape index (κ2) is 7.10. The highest BCUT2D eigenvalue weighted by Gasteiger charge is 2.46. The van der Waals surface area contributed by atoms with Gasteiger partial charge in [0, 0.05) is 32.7 Å². The Hall–Kier alpha value is -0.610. The lowest BCUT2D eigenvalue weighted by atomic mass is 9.75. The van der Waals surface area contributed by atoms with E-state index in [0.29, 0.717) is 11.8 Å². The molecule has 0 bridgehead atoms. The first-order valence-electron chi connectivity index (χ1n) is 8.68. The summed E-state index contributed by atoms with van der Waals surface area (Å²) < 4.78 is 0. The molecule has 2 saturated heterocycles. The Morgan fingerprint density at radius 1 is 1.14 bits per heavy atom. The summed E-state index contributed by atoms with van der Waals surface area (Å²) in [6, 6.07) is 0. The molecule has 0 saturated carbocycles. The van der Waals surface area contributed by atoms with Crippen molar-refractivity contribution in [3.8, 4) is 0 Å². The first-order valence-corrected chi connectivity index (χ1v) is 8.68. The molecule has 2 heterocycles. The zero-order valence-corrected chi connectivity index (χ0v) is 14.3. The average Bonchev–Trinajstić information content (AvgIpc) is 2.95. The highest BCUT2D eigenvalue weighted by molar-refractivity contribution is 5.84. The second-order valence-electron chi connectivity index (χ2n) is 7.55. The fraction of sp³-hybridized carbons (Fsp3) is 0.941. The molecular weight excluding hydrogens is 262 g/mol. The summed E-state index contributed by atoms with van der Waals surface area (Å²) in [5.41, 5.74) is -0.153. The van der Waals surface area contributed by atoms with Crippen LogP contribution in [0, 0.1) is 17.3 Å². The van der Waals surface area contributed by atoms with Crippen LogP contribution in [-0.2, 0) is 4.79 Å². The van der Waals surface area contributed by atoms with Crippen molar-refractivity contribution < 1.29 is 4.79 Å². The number of carbonyl (C=O) groups is 1.